The van der Waals surface area contributed by atoms with Crippen molar-refractivity contribution in [1.29, 1.82) is 0 Å². The molecule has 0 aromatic heterocycles. The van der Waals surface area contributed by atoms with Crippen molar-refractivity contribution in [3.63, 3.8) is 0 Å². The molecular formula is C22H21F4N3O3. The molecule has 2 aliphatic rings. The lowest BCUT2D eigenvalue weighted by Gasteiger charge is -2.34. The highest BCUT2D eigenvalue weighted by molar-refractivity contribution is 5.89. The molecule has 6 nitrogen and oxygen atoms in total. The summed E-state index contributed by atoms with van der Waals surface area (Å²) in [5, 5.41) is 2.52. The van der Waals surface area contributed by atoms with E-state index in [0.717, 1.165) is 24.2 Å². The standard InChI is InChI=1S/C22H21F4N3O3/c23-21(24)18-15-17(8-9-19(18)31-22(25,26)32-21)27-20(30)29-13-11-28(12-14-29)10-4-7-16-5-2-1-3-6-16/h1-9,15H,10-14H2,(H,27,30)/b7-4-. The van der Waals surface area contributed by atoms with Gasteiger partial charge in [-0.25, -0.2) is 9.53 Å². The van der Waals surface area contributed by atoms with Gasteiger partial charge in [-0.2, -0.15) is 8.78 Å². The van der Waals surface area contributed by atoms with Gasteiger partial charge in [0, 0.05) is 38.4 Å². The van der Waals surface area contributed by atoms with Gasteiger partial charge in [-0.3, -0.25) is 4.90 Å². The fraction of sp³-hybridized carbons (Fsp3) is 0.318. The number of rotatable bonds is 4. The Hall–Kier alpha value is -3.11. The number of halogens is 4. The van der Waals surface area contributed by atoms with Crippen LogP contribution >= 0.6 is 0 Å². The molecule has 0 aliphatic carbocycles. The topological polar surface area (TPSA) is 54.0 Å². The van der Waals surface area contributed by atoms with Gasteiger partial charge in [0.05, 0.1) is 5.56 Å². The molecule has 1 N–H and O–H groups in total. The number of urea groups is 1. The van der Waals surface area contributed by atoms with Crippen LogP contribution in [0.5, 0.6) is 5.75 Å². The number of carbonyl (C=O) groups excluding carboxylic acids is 1. The Balaban J connectivity index is 1.30. The summed E-state index contributed by atoms with van der Waals surface area (Å²) in [6.07, 6.45) is -4.59. The second-order valence-electron chi connectivity index (χ2n) is 7.43. The molecule has 2 heterocycles. The predicted octanol–water partition coefficient (Wildman–Crippen LogP) is 4.56. The van der Waals surface area contributed by atoms with Crippen LogP contribution in [-0.2, 0) is 10.8 Å². The lowest BCUT2D eigenvalue weighted by molar-refractivity contribution is -0.461. The summed E-state index contributed by atoms with van der Waals surface area (Å²) in [5.41, 5.74) is 0.260. The first-order valence-corrected chi connectivity index (χ1v) is 10.0. The third kappa shape index (κ3) is 5.20. The molecule has 2 aliphatic heterocycles. The van der Waals surface area contributed by atoms with Gasteiger partial charge in [0.25, 0.3) is 0 Å². The van der Waals surface area contributed by atoms with E-state index in [2.05, 4.69) is 25.8 Å². The first kappa shape index (κ1) is 22.1. The monoisotopic (exact) mass is 451 g/mol. The molecule has 0 saturated carbocycles. The van der Waals surface area contributed by atoms with E-state index in [1.807, 2.05) is 36.4 Å². The van der Waals surface area contributed by atoms with Crippen molar-refractivity contribution in [1.82, 2.24) is 9.80 Å². The van der Waals surface area contributed by atoms with Crippen molar-refractivity contribution in [3.8, 4) is 5.75 Å². The molecule has 0 radical (unpaired) electrons. The number of hydrogen-bond donors (Lipinski definition) is 1. The van der Waals surface area contributed by atoms with E-state index >= 15 is 0 Å². The highest BCUT2D eigenvalue weighted by Gasteiger charge is 2.54. The highest BCUT2D eigenvalue weighted by Crippen LogP contribution is 2.46. The van der Waals surface area contributed by atoms with Crippen LogP contribution in [-0.4, -0.2) is 54.8 Å². The molecule has 2 amide bonds. The minimum atomic E-state index is -4.43. The Kier molecular flexibility index (Phi) is 6.07. The molecule has 2 aromatic carbocycles. The first-order valence-electron chi connectivity index (χ1n) is 10.0. The van der Waals surface area contributed by atoms with E-state index in [0.29, 0.717) is 26.2 Å². The molecule has 4 rings (SSSR count). The molecular weight excluding hydrogens is 430 g/mol. The molecule has 0 spiro atoms. The SMILES string of the molecule is O=C(Nc1ccc2c(c1)C(F)(F)OC(F)(F)O2)N1CCN(C/C=C\c2ccccc2)CC1. The van der Waals surface area contributed by atoms with E-state index in [9.17, 15) is 22.4 Å². The number of alkyl halides is 4. The van der Waals surface area contributed by atoms with Crippen LogP contribution in [0.25, 0.3) is 6.08 Å². The number of ether oxygens (including phenoxy) is 2. The van der Waals surface area contributed by atoms with E-state index in [4.69, 9.17) is 0 Å². The van der Waals surface area contributed by atoms with Gasteiger partial charge < -0.3 is 15.0 Å². The zero-order chi connectivity index (χ0) is 22.8. The Morgan fingerprint density at radius 1 is 1.03 bits per heavy atom. The molecule has 1 fully saturated rings. The number of nitrogens with one attached hydrogen (secondary N) is 1. The fourth-order valence-corrected chi connectivity index (χ4v) is 3.52. The average molecular weight is 451 g/mol. The van der Waals surface area contributed by atoms with Crippen LogP contribution in [0.4, 0.5) is 28.0 Å². The van der Waals surface area contributed by atoms with Crippen molar-refractivity contribution >= 4 is 17.8 Å². The van der Waals surface area contributed by atoms with Crippen LogP contribution in [0.3, 0.4) is 0 Å². The summed E-state index contributed by atoms with van der Waals surface area (Å²) in [7, 11) is 0. The zero-order valence-electron chi connectivity index (χ0n) is 16.9. The van der Waals surface area contributed by atoms with Crippen LogP contribution in [0.1, 0.15) is 11.1 Å². The minimum Gasteiger partial charge on any atom is -0.409 e. The Morgan fingerprint density at radius 3 is 2.47 bits per heavy atom. The van der Waals surface area contributed by atoms with E-state index < -0.39 is 29.7 Å². The number of nitrogens with zero attached hydrogens (tertiary/aromatic N) is 2. The normalized spacial score (nSPS) is 19.9. The van der Waals surface area contributed by atoms with E-state index in [1.165, 1.54) is 6.07 Å². The van der Waals surface area contributed by atoms with Crippen molar-refractivity contribution in [3.05, 3.63) is 65.7 Å². The number of benzene rings is 2. The lowest BCUT2D eigenvalue weighted by Crippen LogP contribution is -2.50. The molecule has 32 heavy (non-hydrogen) atoms. The van der Waals surface area contributed by atoms with Gasteiger partial charge in [-0.15, -0.1) is 8.78 Å². The summed E-state index contributed by atoms with van der Waals surface area (Å²) < 4.78 is 61.6. The van der Waals surface area contributed by atoms with Gasteiger partial charge in [-0.05, 0) is 23.8 Å². The number of fused-ring (bicyclic) bond motifs is 1. The van der Waals surface area contributed by atoms with Gasteiger partial charge in [0.1, 0.15) is 5.75 Å². The van der Waals surface area contributed by atoms with Gasteiger partial charge >= 0.3 is 18.4 Å². The van der Waals surface area contributed by atoms with Crippen LogP contribution in [0.15, 0.2) is 54.6 Å². The van der Waals surface area contributed by atoms with Crippen molar-refractivity contribution in [2.75, 3.05) is 38.0 Å². The van der Waals surface area contributed by atoms with Crippen molar-refractivity contribution < 1.29 is 31.8 Å². The maximum absolute atomic E-state index is 13.9. The third-order valence-corrected chi connectivity index (χ3v) is 5.15. The maximum Gasteiger partial charge on any atom is 0.540 e. The molecule has 0 atom stereocenters. The second kappa shape index (κ2) is 8.79. The number of carbonyl (C=O) groups is 1. The van der Waals surface area contributed by atoms with Crippen LogP contribution in [0, 0.1) is 0 Å². The van der Waals surface area contributed by atoms with Gasteiger partial charge in [0.2, 0.25) is 0 Å². The molecule has 10 heteroatoms. The largest absolute Gasteiger partial charge is 0.540 e. The Bertz CT molecular complexity index is 993. The Morgan fingerprint density at radius 2 is 1.75 bits per heavy atom. The summed E-state index contributed by atoms with van der Waals surface area (Å²) in [5.74, 6) is -0.707. The summed E-state index contributed by atoms with van der Waals surface area (Å²) in [4.78, 5) is 16.3. The van der Waals surface area contributed by atoms with Gasteiger partial charge in [0.15, 0.2) is 0 Å². The molecule has 0 unspecified atom stereocenters. The van der Waals surface area contributed by atoms with E-state index in [-0.39, 0.29) is 5.69 Å². The third-order valence-electron chi connectivity index (χ3n) is 5.15. The quantitative estimate of drug-likeness (QED) is 0.693. The minimum absolute atomic E-state index is 0.0269. The van der Waals surface area contributed by atoms with Crippen LogP contribution < -0.4 is 10.1 Å². The summed E-state index contributed by atoms with van der Waals surface area (Å²) in [6, 6.07) is 12.5. The number of piperazine rings is 1. The fourth-order valence-electron chi connectivity index (χ4n) is 3.52. The lowest BCUT2D eigenvalue weighted by atomic mass is 10.1. The van der Waals surface area contributed by atoms with Crippen LogP contribution in [0.2, 0.25) is 0 Å². The number of amides is 2. The number of hydrogen-bond acceptors (Lipinski definition) is 4. The Labute approximate surface area is 182 Å². The average Bonchev–Trinajstić information content (AvgIpc) is 2.74. The molecule has 170 valence electrons. The second-order valence-corrected chi connectivity index (χ2v) is 7.43. The molecule has 0 bridgehead atoms. The molecule has 2 aromatic rings. The van der Waals surface area contributed by atoms with Gasteiger partial charge in [-0.1, -0.05) is 42.5 Å². The van der Waals surface area contributed by atoms with Crippen molar-refractivity contribution in [2.45, 2.75) is 12.4 Å². The molecule has 1 saturated heterocycles. The number of anilines is 1. The van der Waals surface area contributed by atoms with E-state index in [1.54, 1.807) is 4.90 Å². The first-order chi connectivity index (χ1) is 15.2. The highest BCUT2D eigenvalue weighted by atomic mass is 19.3. The predicted molar refractivity (Wildman–Crippen MR) is 110 cm³/mol. The summed E-state index contributed by atoms with van der Waals surface area (Å²) in [6.45, 7) is 2.99. The van der Waals surface area contributed by atoms with Crippen molar-refractivity contribution in [2.24, 2.45) is 0 Å². The zero-order valence-corrected chi connectivity index (χ0v) is 16.9. The maximum atomic E-state index is 13.9. The smallest absolute Gasteiger partial charge is 0.409 e. The summed E-state index contributed by atoms with van der Waals surface area (Å²) >= 11 is 0.